The van der Waals surface area contributed by atoms with Crippen molar-refractivity contribution in [2.45, 2.75) is 37.2 Å². The molecule has 0 aromatic heterocycles. The smallest absolute Gasteiger partial charge is 0.191 e. The molecule has 0 atom stereocenters. The summed E-state index contributed by atoms with van der Waals surface area (Å²) >= 11 is 7.71. The number of likely N-dealkylation sites (tertiary alicyclic amines) is 1. The Labute approximate surface area is 166 Å². The molecular formula is C19H31ClN4OS. The first kappa shape index (κ1) is 21.4. The van der Waals surface area contributed by atoms with Crippen LogP contribution in [0.15, 0.2) is 34.2 Å². The molecule has 0 aliphatic carbocycles. The van der Waals surface area contributed by atoms with Gasteiger partial charge in [-0.25, -0.2) is 0 Å². The molecule has 0 bridgehead atoms. The van der Waals surface area contributed by atoms with Crippen molar-refractivity contribution in [1.29, 1.82) is 0 Å². The predicted octanol–water partition coefficient (Wildman–Crippen LogP) is 2.83. The van der Waals surface area contributed by atoms with E-state index in [2.05, 4.69) is 27.4 Å². The lowest BCUT2D eigenvalue weighted by Gasteiger charge is -2.29. The molecule has 1 aromatic rings. The van der Waals surface area contributed by atoms with Gasteiger partial charge in [0.05, 0.1) is 6.10 Å². The molecule has 0 amide bonds. The van der Waals surface area contributed by atoms with E-state index in [4.69, 9.17) is 11.6 Å². The molecule has 1 aliphatic heterocycles. The van der Waals surface area contributed by atoms with Crippen LogP contribution in [0, 0.1) is 0 Å². The number of nitrogens with one attached hydrogen (secondary N) is 2. The average molecular weight is 399 g/mol. The first-order valence-corrected chi connectivity index (χ1v) is 10.8. The lowest BCUT2D eigenvalue weighted by atomic mass is 10.1. The van der Waals surface area contributed by atoms with Gasteiger partial charge in [-0.15, -0.1) is 11.8 Å². The lowest BCUT2D eigenvalue weighted by Crippen LogP contribution is -2.39. The second-order valence-corrected chi connectivity index (χ2v) is 8.02. The Kier molecular flexibility index (Phi) is 10.2. The second kappa shape index (κ2) is 12.4. The summed E-state index contributed by atoms with van der Waals surface area (Å²) in [5.74, 6) is 1.86. The van der Waals surface area contributed by atoms with E-state index in [0.717, 1.165) is 75.3 Å². The summed E-state index contributed by atoms with van der Waals surface area (Å²) in [4.78, 5) is 8.31. The van der Waals surface area contributed by atoms with Crippen LogP contribution in [0.4, 0.5) is 0 Å². The maximum Gasteiger partial charge on any atom is 0.191 e. The number of halogens is 1. The summed E-state index contributed by atoms with van der Waals surface area (Å²) in [5.41, 5.74) is 0. The van der Waals surface area contributed by atoms with Crippen LogP contribution in [-0.4, -0.2) is 67.1 Å². The minimum Gasteiger partial charge on any atom is -0.393 e. The summed E-state index contributed by atoms with van der Waals surface area (Å²) in [6.07, 6.45) is 2.75. The number of hydrogen-bond donors (Lipinski definition) is 3. The normalized spacial score (nSPS) is 16.7. The molecule has 1 aromatic carbocycles. The van der Waals surface area contributed by atoms with Gasteiger partial charge < -0.3 is 20.6 Å². The molecule has 146 valence electrons. The molecule has 1 heterocycles. The molecule has 1 aliphatic rings. The zero-order valence-corrected chi connectivity index (χ0v) is 17.2. The molecule has 1 fully saturated rings. The second-order valence-electron chi connectivity index (χ2n) is 6.42. The van der Waals surface area contributed by atoms with E-state index >= 15 is 0 Å². The van der Waals surface area contributed by atoms with Crippen molar-refractivity contribution in [3.8, 4) is 0 Å². The molecule has 0 radical (unpaired) electrons. The number of guanidine groups is 1. The van der Waals surface area contributed by atoms with Gasteiger partial charge >= 0.3 is 0 Å². The van der Waals surface area contributed by atoms with E-state index < -0.39 is 0 Å². The van der Waals surface area contributed by atoms with Crippen molar-refractivity contribution >= 4 is 29.3 Å². The van der Waals surface area contributed by atoms with Crippen LogP contribution in [-0.2, 0) is 0 Å². The number of aliphatic hydroxyl groups is 1. The Morgan fingerprint density at radius 1 is 1.27 bits per heavy atom. The van der Waals surface area contributed by atoms with Crippen LogP contribution in [0.3, 0.4) is 0 Å². The van der Waals surface area contributed by atoms with Gasteiger partial charge in [-0.2, -0.15) is 0 Å². The van der Waals surface area contributed by atoms with Gasteiger partial charge in [0.15, 0.2) is 5.96 Å². The Bertz CT molecular complexity index is 533. The standard InChI is InChI=1S/C19H31ClN4OS/c1-2-21-19(22-10-3-12-24-13-8-17(25)9-14-24)23-11-15-26-18-6-4-16(20)5-7-18/h4-7,17,25H,2-3,8-15H2,1H3,(H2,21,22,23). The monoisotopic (exact) mass is 398 g/mol. The first-order valence-electron chi connectivity index (χ1n) is 9.48. The number of benzene rings is 1. The Hall–Kier alpha value is -0.950. The van der Waals surface area contributed by atoms with Crippen LogP contribution in [0.25, 0.3) is 0 Å². The first-order chi connectivity index (χ1) is 12.7. The van der Waals surface area contributed by atoms with Crippen molar-refractivity contribution in [3.05, 3.63) is 29.3 Å². The summed E-state index contributed by atoms with van der Waals surface area (Å²) in [5, 5.41) is 17.0. The minimum atomic E-state index is -0.0976. The number of aliphatic hydroxyl groups excluding tert-OH is 1. The molecule has 2 rings (SSSR count). The fourth-order valence-electron chi connectivity index (χ4n) is 2.84. The number of aliphatic imine (C=N–C) groups is 1. The maximum absolute atomic E-state index is 9.55. The average Bonchev–Trinajstić information content (AvgIpc) is 2.65. The predicted molar refractivity (Wildman–Crippen MR) is 112 cm³/mol. The molecule has 26 heavy (non-hydrogen) atoms. The molecule has 7 heteroatoms. The van der Waals surface area contributed by atoms with Gasteiger partial charge in [0.25, 0.3) is 0 Å². The molecule has 0 saturated carbocycles. The molecule has 5 nitrogen and oxygen atoms in total. The van der Waals surface area contributed by atoms with Gasteiger partial charge in [-0.3, -0.25) is 4.99 Å². The molecule has 1 saturated heterocycles. The van der Waals surface area contributed by atoms with E-state index in [-0.39, 0.29) is 6.10 Å². The fraction of sp³-hybridized carbons (Fsp3) is 0.632. The fourth-order valence-corrected chi connectivity index (χ4v) is 3.73. The quantitative estimate of drug-likeness (QED) is 0.258. The van der Waals surface area contributed by atoms with Crippen molar-refractivity contribution in [2.24, 2.45) is 4.99 Å². The zero-order valence-electron chi connectivity index (χ0n) is 15.6. The van der Waals surface area contributed by atoms with Gasteiger partial charge in [0.1, 0.15) is 0 Å². The van der Waals surface area contributed by atoms with E-state index in [1.807, 2.05) is 24.3 Å². The number of hydrogen-bond acceptors (Lipinski definition) is 4. The zero-order chi connectivity index (χ0) is 18.6. The highest BCUT2D eigenvalue weighted by Gasteiger charge is 2.15. The maximum atomic E-state index is 9.55. The highest BCUT2D eigenvalue weighted by Crippen LogP contribution is 2.19. The van der Waals surface area contributed by atoms with Crippen LogP contribution in [0.2, 0.25) is 5.02 Å². The number of piperidine rings is 1. The van der Waals surface area contributed by atoms with E-state index in [1.165, 1.54) is 4.90 Å². The van der Waals surface area contributed by atoms with Crippen molar-refractivity contribution in [2.75, 3.05) is 45.0 Å². The molecule has 0 unspecified atom stereocenters. The molecule has 3 N–H and O–H groups in total. The summed E-state index contributed by atoms with van der Waals surface area (Å²) < 4.78 is 0. The third-order valence-corrected chi connectivity index (χ3v) is 5.55. The van der Waals surface area contributed by atoms with Crippen LogP contribution in [0.1, 0.15) is 26.2 Å². The van der Waals surface area contributed by atoms with Crippen LogP contribution in [0.5, 0.6) is 0 Å². The third kappa shape index (κ3) is 8.62. The van der Waals surface area contributed by atoms with Crippen LogP contribution < -0.4 is 10.6 Å². The molecular weight excluding hydrogens is 368 g/mol. The van der Waals surface area contributed by atoms with Crippen LogP contribution >= 0.6 is 23.4 Å². The summed E-state index contributed by atoms with van der Waals surface area (Å²) in [6, 6.07) is 7.94. The Morgan fingerprint density at radius 2 is 2.00 bits per heavy atom. The lowest BCUT2D eigenvalue weighted by molar-refractivity contribution is 0.0824. The summed E-state index contributed by atoms with van der Waals surface area (Å²) in [6.45, 7) is 7.69. The van der Waals surface area contributed by atoms with E-state index in [9.17, 15) is 5.11 Å². The highest BCUT2D eigenvalue weighted by atomic mass is 35.5. The van der Waals surface area contributed by atoms with Gasteiger partial charge in [0, 0.05) is 48.4 Å². The Balaban J connectivity index is 1.61. The Morgan fingerprint density at radius 3 is 2.69 bits per heavy atom. The number of nitrogens with zero attached hydrogens (tertiary/aromatic N) is 2. The minimum absolute atomic E-state index is 0.0976. The van der Waals surface area contributed by atoms with Crippen molar-refractivity contribution < 1.29 is 5.11 Å². The highest BCUT2D eigenvalue weighted by molar-refractivity contribution is 7.99. The number of rotatable bonds is 9. The largest absolute Gasteiger partial charge is 0.393 e. The van der Waals surface area contributed by atoms with Gasteiger partial charge in [-0.05, 0) is 57.0 Å². The topological polar surface area (TPSA) is 59.9 Å². The van der Waals surface area contributed by atoms with E-state index in [0.29, 0.717) is 0 Å². The van der Waals surface area contributed by atoms with Gasteiger partial charge in [-0.1, -0.05) is 11.6 Å². The van der Waals surface area contributed by atoms with E-state index in [1.54, 1.807) is 11.8 Å². The molecule has 0 spiro atoms. The van der Waals surface area contributed by atoms with Gasteiger partial charge in [0.2, 0.25) is 0 Å². The van der Waals surface area contributed by atoms with Crippen molar-refractivity contribution in [3.63, 3.8) is 0 Å². The number of thioether (sulfide) groups is 1. The SMILES string of the molecule is CCNC(=NCCCN1CCC(O)CC1)NCCSc1ccc(Cl)cc1. The third-order valence-electron chi connectivity index (χ3n) is 4.28. The summed E-state index contributed by atoms with van der Waals surface area (Å²) in [7, 11) is 0. The van der Waals surface area contributed by atoms with Crippen molar-refractivity contribution in [1.82, 2.24) is 15.5 Å².